The van der Waals surface area contributed by atoms with Crippen LogP contribution >= 0.6 is 0 Å². The zero-order valence-corrected chi connectivity index (χ0v) is 19.4. The van der Waals surface area contributed by atoms with Gasteiger partial charge in [-0.2, -0.15) is 6.42 Å². The molecule has 1 aromatic carbocycles. The van der Waals surface area contributed by atoms with E-state index in [4.69, 9.17) is 10.2 Å². The molecule has 1 aromatic rings. The predicted molar refractivity (Wildman–Crippen MR) is 89.4 cm³/mol. The van der Waals surface area contributed by atoms with Crippen LogP contribution in [0.2, 0.25) is 0 Å². The molecule has 2 N–H and O–H groups in total. The largest absolute Gasteiger partial charge is 1.00 e. The van der Waals surface area contributed by atoms with Crippen LogP contribution in [0.1, 0.15) is 80.4 Å². The van der Waals surface area contributed by atoms with Crippen molar-refractivity contribution in [2.75, 3.05) is 0 Å². The van der Waals surface area contributed by atoms with E-state index in [1.165, 1.54) is 69.2 Å². The van der Waals surface area contributed by atoms with Crippen LogP contribution in [0.3, 0.4) is 0 Å². The Labute approximate surface area is 191 Å². The normalized spacial score (nSPS) is 8.92. The van der Waals surface area contributed by atoms with Crippen molar-refractivity contribution in [1.82, 2.24) is 0 Å². The van der Waals surface area contributed by atoms with Crippen molar-refractivity contribution < 1.29 is 80.3 Å². The fourth-order valence-electron chi connectivity index (χ4n) is 1.99. The summed E-state index contributed by atoms with van der Waals surface area (Å²) >= 11 is 0. The van der Waals surface area contributed by atoms with Crippen molar-refractivity contribution in [1.29, 1.82) is 0 Å². The second kappa shape index (κ2) is 19.5. The number of benzene rings is 1. The summed E-state index contributed by atoms with van der Waals surface area (Å²) in [6, 6.07) is 5.48. The van der Waals surface area contributed by atoms with Crippen LogP contribution in [0.25, 0.3) is 0 Å². The first-order chi connectivity index (χ1) is 10.5. The number of hydrogen-bond donors (Lipinski definition) is 2. The number of rotatable bonds is 9. The number of carbonyl (C=O) groups is 2. The van der Waals surface area contributed by atoms with Gasteiger partial charge >= 0.3 is 71.1 Å². The molecule has 1 rings (SSSR count). The summed E-state index contributed by atoms with van der Waals surface area (Å²) in [5.74, 6) is -2.46. The molecule has 0 atom stereocenters. The Kier molecular flexibility index (Phi) is 23.5. The maximum atomic E-state index is 10.5. The van der Waals surface area contributed by atoms with E-state index in [2.05, 4.69) is 13.8 Å². The van der Waals surface area contributed by atoms with E-state index in [-0.39, 0.29) is 71.7 Å². The van der Waals surface area contributed by atoms with Gasteiger partial charge in [0.2, 0.25) is 0 Å². The zero-order valence-electron chi connectivity index (χ0n) is 16.4. The van der Waals surface area contributed by atoms with E-state index in [1.807, 2.05) is 0 Å². The first kappa shape index (κ1) is 28.9. The van der Waals surface area contributed by atoms with E-state index in [1.54, 1.807) is 0 Å². The summed E-state index contributed by atoms with van der Waals surface area (Å²) in [6.07, 6.45) is 10.9. The average molecular weight is 354 g/mol. The molecule has 0 bridgehead atoms. The number of unbranched alkanes of at least 4 members (excludes halogenated alkanes) is 7. The Balaban J connectivity index is -0.000000160. The minimum Gasteiger partial charge on any atom is -1.00 e. The molecule has 0 aliphatic rings. The SMILES string of the molecule is O=C(O)c1ccccc1C(=O)O.[CH2-]CCCCCCCCC.[H-].[Na+].[Na+]. The zero-order chi connectivity index (χ0) is 16.8. The molecule has 0 aliphatic carbocycles. The van der Waals surface area contributed by atoms with E-state index < -0.39 is 11.9 Å². The molecule has 0 aromatic heterocycles. The molecule has 0 spiro atoms. The third-order valence-corrected chi connectivity index (χ3v) is 3.24. The van der Waals surface area contributed by atoms with Crippen LogP contribution in [0, 0.1) is 6.92 Å². The van der Waals surface area contributed by atoms with Crippen molar-refractivity contribution in [3.05, 3.63) is 42.3 Å². The quantitative estimate of drug-likeness (QED) is 0.345. The van der Waals surface area contributed by atoms with Gasteiger partial charge in [0.1, 0.15) is 0 Å². The molecule has 6 heteroatoms. The molecule has 0 fully saturated rings. The van der Waals surface area contributed by atoms with E-state index in [9.17, 15) is 9.59 Å². The van der Waals surface area contributed by atoms with Crippen LogP contribution in [0.4, 0.5) is 0 Å². The van der Waals surface area contributed by atoms with Crippen molar-refractivity contribution >= 4 is 11.9 Å². The minimum absolute atomic E-state index is 0. The number of hydrogen-bond acceptors (Lipinski definition) is 2. The molecule has 24 heavy (non-hydrogen) atoms. The van der Waals surface area contributed by atoms with Crippen LogP contribution in [0.5, 0.6) is 0 Å². The summed E-state index contributed by atoms with van der Waals surface area (Å²) < 4.78 is 0. The molecule has 126 valence electrons. The molecule has 0 amide bonds. The van der Waals surface area contributed by atoms with Gasteiger partial charge in [-0.3, -0.25) is 0 Å². The van der Waals surface area contributed by atoms with Gasteiger partial charge in [-0.25, -0.2) is 9.59 Å². The van der Waals surface area contributed by atoms with Crippen molar-refractivity contribution in [3.63, 3.8) is 0 Å². The summed E-state index contributed by atoms with van der Waals surface area (Å²) in [6.45, 7) is 6.08. The first-order valence-corrected chi connectivity index (χ1v) is 7.89. The number of carboxylic acid groups (broad SMARTS) is 2. The maximum absolute atomic E-state index is 10.5. The minimum atomic E-state index is -1.23. The fourth-order valence-corrected chi connectivity index (χ4v) is 1.99. The molecule has 0 saturated carbocycles. The monoisotopic (exact) mass is 354 g/mol. The Morgan fingerprint density at radius 3 is 1.58 bits per heavy atom. The molecular weight excluding hydrogens is 326 g/mol. The fraction of sp³-hybridized carbons (Fsp3) is 0.500. The van der Waals surface area contributed by atoms with Gasteiger partial charge < -0.3 is 18.6 Å². The third kappa shape index (κ3) is 14.5. The molecule has 0 saturated heterocycles. The molecule has 0 unspecified atom stereocenters. The number of carboxylic acids is 2. The Morgan fingerprint density at radius 2 is 1.25 bits per heavy atom. The molecule has 0 radical (unpaired) electrons. The van der Waals surface area contributed by atoms with Crippen molar-refractivity contribution in [2.24, 2.45) is 0 Å². The van der Waals surface area contributed by atoms with Crippen LogP contribution in [0.15, 0.2) is 24.3 Å². The second-order valence-corrected chi connectivity index (χ2v) is 5.13. The number of aromatic carboxylic acids is 2. The molecule has 0 heterocycles. The third-order valence-electron chi connectivity index (χ3n) is 3.24. The maximum Gasteiger partial charge on any atom is 1.00 e. The summed E-state index contributed by atoms with van der Waals surface area (Å²) in [4.78, 5) is 20.9. The molecule has 4 nitrogen and oxygen atoms in total. The Morgan fingerprint density at radius 1 is 0.875 bits per heavy atom. The first-order valence-electron chi connectivity index (χ1n) is 7.89. The smallest absolute Gasteiger partial charge is 1.00 e. The van der Waals surface area contributed by atoms with Crippen molar-refractivity contribution in [3.8, 4) is 0 Å². The summed E-state index contributed by atoms with van der Waals surface area (Å²) in [5.41, 5.74) is -0.380. The predicted octanol–water partition coefficient (Wildman–Crippen LogP) is -0.835. The molecular formula is C18H28Na2O4. The van der Waals surface area contributed by atoms with Gasteiger partial charge in [-0.15, -0.1) is 0 Å². The van der Waals surface area contributed by atoms with Crippen LogP contribution < -0.4 is 59.1 Å². The van der Waals surface area contributed by atoms with E-state index >= 15 is 0 Å². The van der Waals surface area contributed by atoms with Gasteiger partial charge in [0.05, 0.1) is 11.1 Å². The Bertz CT molecular complexity index is 415. The van der Waals surface area contributed by atoms with Crippen molar-refractivity contribution in [2.45, 2.75) is 58.3 Å². The Hall–Kier alpha value is 0.160. The summed E-state index contributed by atoms with van der Waals surface area (Å²) in [5, 5.41) is 17.1. The van der Waals surface area contributed by atoms with E-state index in [0.29, 0.717) is 0 Å². The van der Waals surface area contributed by atoms with Gasteiger partial charge in [0.15, 0.2) is 0 Å². The molecule has 0 aliphatic heterocycles. The standard InChI is InChI=1S/C10H21.C8H6O4.2Na.H/c1-3-5-7-9-10-8-6-4-2;9-7(10)5-3-1-2-4-6(5)8(11)12;;;/h1,3-10H2,2H3;1-4H,(H,9,10)(H,11,12);;;/q-1;;2*+1;-1. The average Bonchev–Trinajstić information content (AvgIpc) is 2.51. The van der Waals surface area contributed by atoms with Gasteiger partial charge in [-0.05, 0) is 12.1 Å². The van der Waals surface area contributed by atoms with Gasteiger partial charge in [-0.1, -0.05) is 64.0 Å². The van der Waals surface area contributed by atoms with Gasteiger partial charge in [0, 0.05) is 0 Å². The topological polar surface area (TPSA) is 74.6 Å². The van der Waals surface area contributed by atoms with Crippen LogP contribution in [-0.4, -0.2) is 22.2 Å². The van der Waals surface area contributed by atoms with E-state index in [0.717, 1.165) is 6.42 Å². The summed E-state index contributed by atoms with van der Waals surface area (Å²) in [7, 11) is 0. The second-order valence-electron chi connectivity index (χ2n) is 5.13. The van der Waals surface area contributed by atoms with Gasteiger partial charge in [0.25, 0.3) is 0 Å². The van der Waals surface area contributed by atoms with Crippen LogP contribution in [-0.2, 0) is 0 Å².